The molecule has 1 atom stereocenters. The highest BCUT2D eigenvalue weighted by Crippen LogP contribution is 2.18. The van der Waals surface area contributed by atoms with Crippen LogP contribution in [0.5, 0.6) is 0 Å². The summed E-state index contributed by atoms with van der Waals surface area (Å²) in [5, 5.41) is 0. The molecule has 72 valence electrons. The molecule has 0 bridgehead atoms. The van der Waals surface area contributed by atoms with Crippen molar-refractivity contribution in [3.8, 4) is 0 Å². The molecule has 1 aromatic carbocycles. The van der Waals surface area contributed by atoms with E-state index in [1.807, 2.05) is 0 Å². The van der Waals surface area contributed by atoms with Crippen LogP contribution in [0.1, 0.15) is 32.4 Å². The van der Waals surface area contributed by atoms with Crippen LogP contribution >= 0.6 is 0 Å². The van der Waals surface area contributed by atoms with Crippen LogP contribution < -0.4 is 0 Å². The minimum atomic E-state index is 0.538. The summed E-state index contributed by atoms with van der Waals surface area (Å²) in [6, 6.07) is 11.2. The average molecular weight is 177 g/mol. The summed E-state index contributed by atoms with van der Waals surface area (Å²) < 4.78 is 0. The second kappa shape index (κ2) is 5.03. The molecule has 0 N–H and O–H groups in total. The van der Waals surface area contributed by atoms with E-state index in [0.29, 0.717) is 6.04 Å². The van der Waals surface area contributed by atoms with Crippen molar-refractivity contribution in [3.63, 3.8) is 0 Å². The monoisotopic (exact) mass is 177 g/mol. The fourth-order valence-corrected chi connectivity index (χ4v) is 1.71. The number of benzene rings is 1. The third-order valence-electron chi connectivity index (χ3n) is 2.64. The van der Waals surface area contributed by atoms with Gasteiger partial charge < -0.3 is 0 Å². The molecule has 13 heavy (non-hydrogen) atoms. The lowest BCUT2D eigenvalue weighted by Gasteiger charge is -2.26. The summed E-state index contributed by atoms with van der Waals surface area (Å²) in [6.07, 6.45) is 0. The summed E-state index contributed by atoms with van der Waals surface area (Å²) in [4.78, 5) is 2.45. The smallest absolute Gasteiger partial charge is 0.0319 e. The summed E-state index contributed by atoms with van der Waals surface area (Å²) in [5.41, 5.74) is 1.41. The van der Waals surface area contributed by atoms with Gasteiger partial charge in [-0.3, -0.25) is 4.90 Å². The summed E-state index contributed by atoms with van der Waals surface area (Å²) >= 11 is 0. The highest BCUT2D eigenvalue weighted by Gasteiger charge is 2.10. The van der Waals surface area contributed by atoms with Crippen LogP contribution in [0.25, 0.3) is 0 Å². The van der Waals surface area contributed by atoms with Gasteiger partial charge in [0.15, 0.2) is 0 Å². The molecule has 0 aliphatic carbocycles. The van der Waals surface area contributed by atoms with E-state index >= 15 is 0 Å². The SMILES string of the molecule is CCN(CC)C(C)c1ccccc1. The van der Waals surface area contributed by atoms with Crippen molar-refractivity contribution in [1.82, 2.24) is 4.90 Å². The first-order chi connectivity index (χ1) is 6.29. The molecule has 1 unspecified atom stereocenters. The van der Waals surface area contributed by atoms with E-state index in [-0.39, 0.29) is 0 Å². The fourth-order valence-electron chi connectivity index (χ4n) is 1.71. The van der Waals surface area contributed by atoms with Crippen LogP contribution in [0.15, 0.2) is 30.3 Å². The third kappa shape index (κ3) is 2.56. The standard InChI is InChI=1S/C12H19N/c1-4-13(5-2)11(3)12-9-7-6-8-10-12/h6-11H,4-5H2,1-3H3. The molecule has 0 saturated heterocycles. The lowest BCUT2D eigenvalue weighted by Crippen LogP contribution is -2.26. The molecule has 0 fully saturated rings. The molecule has 1 aromatic rings. The molecule has 0 spiro atoms. The second-order valence-corrected chi connectivity index (χ2v) is 3.31. The van der Waals surface area contributed by atoms with E-state index in [0.717, 1.165) is 13.1 Å². The van der Waals surface area contributed by atoms with Crippen molar-refractivity contribution < 1.29 is 0 Å². The van der Waals surface area contributed by atoms with Gasteiger partial charge in [-0.15, -0.1) is 0 Å². The highest BCUT2D eigenvalue weighted by molar-refractivity contribution is 5.18. The molecule has 0 amide bonds. The molecular weight excluding hydrogens is 158 g/mol. The molecule has 0 aliphatic heterocycles. The predicted octanol–water partition coefficient (Wildman–Crippen LogP) is 3.09. The Morgan fingerprint density at radius 2 is 1.62 bits per heavy atom. The minimum Gasteiger partial charge on any atom is -0.297 e. The molecule has 1 heteroatoms. The molecule has 1 rings (SSSR count). The van der Waals surface area contributed by atoms with Gasteiger partial charge in [0.1, 0.15) is 0 Å². The van der Waals surface area contributed by atoms with Crippen LogP contribution in [0, 0.1) is 0 Å². The van der Waals surface area contributed by atoms with Gasteiger partial charge in [-0.1, -0.05) is 44.2 Å². The zero-order valence-corrected chi connectivity index (χ0v) is 8.83. The van der Waals surface area contributed by atoms with Gasteiger partial charge in [0.2, 0.25) is 0 Å². The minimum absolute atomic E-state index is 0.538. The van der Waals surface area contributed by atoms with Crippen molar-refractivity contribution in [2.24, 2.45) is 0 Å². The molecule has 0 saturated carbocycles. The Morgan fingerprint density at radius 1 is 1.08 bits per heavy atom. The van der Waals surface area contributed by atoms with Gasteiger partial charge in [0.05, 0.1) is 0 Å². The first-order valence-electron chi connectivity index (χ1n) is 5.08. The molecule has 0 aromatic heterocycles. The van der Waals surface area contributed by atoms with E-state index < -0.39 is 0 Å². The fraction of sp³-hybridized carbons (Fsp3) is 0.500. The first-order valence-corrected chi connectivity index (χ1v) is 5.08. The van der Waals surface area contributed by atoms with Crippen molar-refractivity contribution in [2.75, 3.05) is 13.1 Å². The highest BCUT2D eigenvalue weighted by atomic mass is 15.1. The summed E-state index contributed by atoms with van der Waals surface area (Å²) in [7, 11) is 0. The molecule has 0 heterocycles. The lowest BCUT2D eigenvalue weighted by atomic mass is 10.1. The van der Waals surface area contributed by atoms with Gasteiger partial charge in [-0.2, -0.15) is 0 Å². The zero-order chi connectivity index (χ0) is 9.68. The Hall–Kier alpha value is -0.820. The predicted molar refractivity (Wildman–Crippen MR) is 57.8 cm³/mol. The van der Waals surface area contributed by atoms with E-state index in [4.69, 9.17) is 0 Å². The van der Waals surface area contributed by atoms with E-state index in [1.165, 1.54) is 5.56 Å². The largest absolute Gasteiger partial charge is 0.297 e. The number of rotatable bonds is 4. The second-order valence-electron chi connectivity index (χ2n) is 3.31. The Kier molecular flexibility index (Phi) is 3.97. The van der Waals surface area contributed by atoms with Crippen molar-refractivity contribution in [2.45, 2.75) is 26.8 Å². The van der Waals surface area contributed by atoms with E-state index in [9.17, 15) is 0 Å². The molecule has 0 aliphatic rings. The first kappa shape index (κ1) is 10.3. The van der Waals surface area contributed by atoms with Crippen LogP contribution in [0.4, 0.5) is 0 Å². The quantitative estimate of drug-likeness (QED) is 0.683. The van der Waals surface area contributed by atoms with Crippen molar-refractivity contribution in [3.05, 3.63) is 35.9 Å². The van der Waals surface area contributed by atoms with Gasteiger partial charge in [0, 0.05) is 6.04 Å². The van der Waals surface area contributed by atoms with Gasteiger partial charge in [-0.05, 0) is 25.6 Å². The van der Waals surface area contributed by atoms with Crippen LogP contribution in [-0.2, 0) is 0 Å². The van der Waals surface area contributed by atoms with Crippen molar-refractivity contribution in [1.29, 1.82) is 0 Å². The molecule has 0 radical (unpaired) electrons. The Balaban J connectivity index is 2.72. The molecular formula is C12H19N. The lowest BCUT2D eigenvalue weighted by molar-refractivity contribution is 0.234. The third-order valence-corrected chi connectivity index (χ3v) is 2.64. The Labute approximate surface area is 81.4 Å². The average Bonchev–Trinajstić information content (AvgIpc) is 2.21. The van der Waals surface area contributed by atoms with Gasteiger partial charge in [-0.25, -0.2) is 0 Å². The van der Waals surface area contributed by atoms with Gasteiger partial charge >= 0.3 is 0 Å². The Morgan fingerprint density at radius 3 is 2.08 bits per heavy atom. The van der Waals surface area contributed by atoms with Crippen LogP contribution in [-0.4, -0.2) is 18.0 Å². The van der Waals surface area contributed by atoms with E-state index in [1.54, 1.807) is 0 Å². The molecule has 1 nitrogen and oxygen atoms in total. The normalized spacial score (nSPS) is 13.2. The Bertz CT molecular complexity index is 226. The zero-order valence-electron chi connectivity index (χ0n) is 8.83. The van der Waals surface area contributed by atoms with E-state index in [2.05, 4.69) is 56.0 Å². The summed E-state index contributed by atoms with van der Waals surface area (Å²) in [5.74, 6) is 0. The maximum Gasteiger partial charge on any atom is 0.0319 e. The maximum absolute atomic E-state index is 2.45. The maximum atomic E-state index is 2.45. The number of hydrogen-bond donors (Lipinski definition) is 0. The number of hydrogen-bond acceptors (Lipinski definition) is 1. The number of nitrogens with zero attached hydrogens (tertiary/aromatic N) is 1. The topological polar surface area (TPSA) is 3.24 Å². The van der Waals surface area contributed by atoms with Crippen molar-refractivity contribution >= 4 is 0 Å². The summed E-state index contributed by atoms with van der Waals surface area (Å²) in [6.45, 7) is 8.92. The van der Waals surface area contributed by atoms with Crippen LogP contribution in [0.2, 0.25) is 0 Å². The van der Waals surface area contributed by atoms with Crippen LogP contribution in [0.3, 0.4) is 0 Å². The van der Waals surface area contributed by atoms with Gasteiger partial charge in [0.25, 0.3) is 0 Å².